The standard InChI is InChI=1S/C31H37ClF6N6O2/c1-4-43(17-21-11-9-20(10-12-21)13-26(45)46-5-2)28-23(15-25(16-39-28)31(36,37)38)18-44(29-40-19-42(3)41-29)27(32)22-7-6-8-24(14-22)30(33,34)35/h6-8,14-16,19-21,27H,4-5,9-13,17-18H2,1-3H3/t20-,21-,27?. The maximum absolute atomic E-state index is 13.9. The maximum Gasteiger partial charge on any atom is 0.417 e. The number of hydrogen-bond acceptors (Lipinski definition) is 7. The van der Waals surface area contributed by atoms with Gasteiger partial charge in [-0.25, -0.2) is 9.97 Å². The molecule has 1 aromatic carbocycles. The Morgan fingerprint density at radius 3 is 2.28 bits per heavy atom. The van der Waals surface area contributed by atoms with E-state index in [0.717, 1.165) is 50.1 Å². The average Bonchev–Trinajstić information content (AvgIpc) is 3.44. The number of alkyl halides is 7. The molecule has 1 fully saturated rings. The number of benzene rings is 1. The Balaban J connectivity index is 1.65. The Bertz CT molecular complexity index is 1460. The van der Waals surface area contributed by atoms with Crippen LogP contribution in [0.1, 0.15) is 73.7 Å². The molecule has 252 valence electrons. The van der Waals surface area contributed by atoms with Gasteiger partial charge in [0.05, 0.1) is 24.3 Å². The van der Waals surface area contributed by atoms with Gasteiger partial charge in [0, 0.05) is 38.3 Å². The van der Waals surface area contributed by atoms with Gasteiger partial charge in [0.15, 0.2) is 0 Å². The molecule has 0 radical (unpaired) electrons. The van der Waals surface area contributed by atoms with E-state index >= 15 is 0 Å². The fraction of sp³-hybridized carbons (Fsp3) is 0.548. The number of hydrogen-bond donors (Lipinski definition) is 0. The highest BCUT2D eigenvalue weighted by Gasteiger charge is 2.35. The number of carbonyl (C=O) groups excluding carboxylic acids is 1. The van der Waals surface area contributed by atoms with Crippen LogP contribution in [-0.2, 0) is 35.5 Å². The molecule has 8 nitrogen and oxygen atoms in total. The highest BCUT2D eigenvalue weighted by atomic mass is 35.5. The number of aryl methyl sites for hydroxylation is 1. The molecule has 1 saturated carbocycles. The van der Waals surface area contributed by atoms with Gasteiger partial charge in [-0.15, -0.1) is 5.10 Å². The van der Waals surface area contributed by atoms with E-state index in [4.69, 9.17) is 16.3 Å². The van der Waals surface area contributed by atoms with Crippen LogP contribution in [0, 0.1) is 11.8 Å². The molecular weight excluding hydrogens is 638 g/mol. The van der Waals surface area contributed by atoms with Crippen molar-refractivity contribution in [1.29, 1.82) is 0 Å². The normalized spacial score (nSPS) is 17.9. The maximum atomic E-state index is 13.9. The van der Waals surface area contributed by atoms with Crippen molar-refractivity contribution >= 4 is 29.3 Å². The summed E-state index contributed by atoms with van der Waals surface area (Å²) in [6, 6.07) is 5.43. The zero-order valence-electron chi connectivity index (χ0n) is 25.8. The van der Waals surface area contributed by atoms with Crippen molar-refractivity contribution in [3.05, 3.63) is 65.1 Å². The number of esters is 1. The monoisotopic (exact) mass is 674 g/mol. The minimum atomic E-state index is -4.69. The number of carbonyl (C=O) groups is 1. The molecule has 1 unspecified atom stereocenters. The Labute approximate surface area is 268 Å². The number of aromatic nitrogens is 4. The van der Waals surface area contributed by atoms with Crippen molar-refractivity contribution < 1.29 is 35.9 Å². The van der Waals surface area contributed by atoms with Gasteiger partial charge in [0.1, 0.15) is 17.6 Å². The Morgan fingerprint density at radius 2 is 1.70 bits per heavy atom. The first kappa shape index (κ1) is 35.3. The molecule has 2 heterocycles. The number of halogens is 7. The molecule has 0 saturated heterocycles. The van der Waals surface area contributed by atoms with Crippen molar-refractivity contribution in [1.82, 2.24) is 19.7 Å². The number of anilines is 2. The van der Waals surface area contributed by atoms with Crippen LogP contribution in [0.25, 0.3) is 0 Å². The van der Waals surface area contributed by atoms with Gasteiger partial charge >= 0.3 is 18.3 Å². The fourth-order valence-corrected chi connectivity index (χ4v) is 6.04. The molecule has 0 aliphatic heterocycles. The molecule has 3 aromatic rings. The molecule has 1 aliphatic carbocycles. The van der Waals surface area contributed by atoms with Gasteiger partial charge in [-0.1, -0.05) is 23.7 Å². The highest BCUT2D eigenvalue weighted by molar-refractivity contribution is 6.21. The predicted molar refractivity (Wildman–Crippen MR) is 161 cm³/mol. The largest absolute Gasteiger partial charge is 0.466 e. The summed E-state index contributed by atoms with van der Waals surface area (Å²) < 4.78 is 88.7. The Hall–Kier alpha value is -3.55. The lowest BCUT2D eigenvalue weighted by molar-refractivity contribution is -0.144. The van der Waals surface area contributed by atoms with E-state index in [1.54, 1.807) is 14.0 Å². The number of rotatable bonds is 12. The first-order chi connectivity index (χ1) is 21.7. The second-order valence-electron chi connectivity index (χ2n) is 11.4. The van der Waals surface area contributed by atoms with Crippen LogP contribution < -0.4 is 9.80 Å². The molecule has 15 heteroatoms. The van der Waals surface area contributed by atoms with Crippen LogP contribution in [0.3, 0.4) is 0 Å². The van der Waals surface area contributed by atoms with E-state index in [-0.39, 0.29) is 41.4 Å². The van der Waals surface area contributed by atoms with Crippen LogP contribution in [0.2, 0.25) is 0 Å². The van der Waals surface area contributed by atoms with Gasteiger partial charge in [-0.2, -0.15) is 26.3 Å². The molecule has 0 amide bonds. The zero-order chi connectivity index (χ0) is 33.6. The molecule has 0 N–H and O–H groups in total. The van der Waals surface area contributed by atoms with Crippen LogP contribution in [-0.4, -0.2) is 45.4 Å². The average molecular weight is 675 g/mol. The van der Waals surface area contributed by atoms with E-state index in [1.165, 1.54) is 28.0 Å². The molecule has 2 aromatic heterocycles. The van der Waals surface area contributed by atoms with Gasteiger partial charge in [-0.3, -0.25) is 9.48 Å². The molecule has 46 heavy (non-hydrogen) atoms. The summed E-state index contributed by atoms with van der Waals surface area (Å²) in [5, 5.41) is 4.26. The van der Waals surface area contributed by atoms with E-state index < -0.39 is 29.0 Å². The van der Waals surface area contributed by atoms with Crippen LogP contribution in [0.4, 0.5) is 38.1 Å². The van der Waals surface area contributed by atoms with Gasteiger partial charge in [-0.05, 0) is 75.1 Å². The third-order valence-corrected chi connectivity index (χ3v) is 8.59. The van der Waals surface area contributed by atoms with Crippen LogP contribution in [0.15, 0.2) is 42.9 Å². The fourth-order valence-electron chi connectivity index (χ4n) is 5.75. The molecule has 0 spiro atoms. The number of ether oxygens (including phenoxy) is 1. The second-order valence-corrected chi connectivity index (χ2v) is 11.9. The van der Waals surface area contributed by atoms with E-state index in [9.17, 15) is 31.1 Å². The first-order valence-electron chi connectivity index (χ1n) is 15.1. The van der Waals surface area contributed by atoms with E-state index in [2.05, 4.69) is 15.1 Å². The molecule has 4 rings (SSSR count). The Morgan fingerprint density at radius 1 is 1.02 bits per heavy atom. The number of nitrogens with zero attached hydrogens (tertiary/aromatic N) is 6. The smallest absolute Gasteiger partial charge is 0.417 e. The van der Waals surface area contributed by atoms with Gasteiger partial charge < -0.3 is 14.5 Å². The lowest BCUT2D eigenvalue weighted by Crippen LogP contribution is -2.34. The zero-order valence-corrected chi connectivity index (χ0v) is 26.5. The first-order valence-corrected chi connectivity index (χ1v) is 15.5. The SMILES string of the molecule is CCOC(=O)C[C@H]1CC[C@H](CN(CC)c2ncc(C(F)(F)F)cc2CN(c2ncn(C)n2)C(Cl)c2cccc(C(F)(F)F)c2)CC1. The molecule has 0 bridgehead atoms. The summed E-state index contributed by atoms with van der Waals surface area (Å²) in [5.74, 6) is 0.550. The third kappa shape index (κ3) is 9.04. The summed E-state index contributed by atoms with van der Waals surface area (Å²) in [6.45, 7) is 4.66. The molecule has 1 atom stereocenters. The van der Waals surface area contributed by atoms with Crippen LogP contribution >= 0.6 is 11.6 Å². The lowest BCUT2D eigenvalue weighted by Gasteiger charge is -2.34. The predicted octanol–water partition coefficient (Wildman–Crippen LogP) is 7.78. The van der Waals surface area contributed by atoms with Crippen molar-refractivity contribution in [2.45, 2.75) is 70.3 Å². The molecule has 1 aliphatic rings. The molecular formula is C31H37ClF6N6O2. The summed E-state index contributed by atoms with van der Waals surface area (Å²) in [4.78, 5) is 23.7. The van der Waals surface area contributed by atoms with Gasteiger partial charge in [0.25, 0.3) is 0 Å². The van der Waals surface area contributed by atoms with Crippen molar-refractivity contribution in [3.8, 4) is 0 Å². The topological polar surface area (TPSA) is 76.4 Å². The third-order valence-electron chi connectivity index (χ3n) is 8.10. The summed E-state index contributed by atoms with van der Waals surface area (Å²) >= 11 is 6.79. The second kappa shape index (κ2) is 14.9. The quantitative estimate of drug-likeness (QED) is 0.0841. The number of pyridine rings is 1. The van der Waals surface area contributed by atoms with Crippen molar-refractivity contribution in [2.75, 3.05) is 29.5 Å². The Kier molecular flexibility index (Phi) is 11.4. The summed E-state index contributed by atoms with van der Waals surface area (Å²) in [6.07, 6.45) is -3.48. The van der Waals surface area contributed by atoms with Crippen molar-refractivity contribution in [2.24, 2.45) is 18.9 Å². The summed E-state index contributed by atoms with van der Waals surface area (Å²) in [7, 11) is 1.58. The van der Waals surface area contributed by atoms with Crippen molar-refractivity contribution in [3.63, 3.8) is 0 Å². The summed E-state index contributed by atoms with van der Waals surface area (Å²) in [5.41, 5.74) is -2.92. The minimum Gasteiger partial charge on any atom is -0.466 e. The van der Waals surface area contributed by atoms with E-state index in [1.807, 2.05) is 11.8 Å². The van der Waals surface area contributed by atoms with E-state index in [0.29, 0.717) is 31.9 Å². The van der Waals surface area contributed by atoms with Gasteiger partial charge in [0.2, 0.25) is 5.95 Å². The lowest BCUT2D eigenvalue weighted by atomic mass is 9.80. The van der Waals surface area contributed by atoms with Crippen LogP contribution in [0.5, 0.6) is 0 Å². The highest BCUT2D eigenvalue weighted by Crippen LogP contribution is 2.38. The minimum absolute atomic E-state index is 0.0197.